The summed E-state index contributed by atoms with van der Waals surface area (Å²) in [4.78, 5) is 12.4. The smallest absolute Gasteiger partial charge is 0.167 e. The first-order valence-corrected chi connectivity index (χ1v) is 8.82. The minimum absolute atomic E-state index is 0.144. The maximum absolute atomic E-state index is 12.4. The van der Waals surface area contributed by atoms with Crippen molar-refractivity contribution in [2.24, 2.45) is 0 Å². The second-order valence-electron chi connectivity index (χ2n) is 6.34. The molecule has 0 radical (unpaired) electrons. The molecule has 1 unspecified atom stereocenters. The first-order chi connectivity index (χ1) is 11.8. The zero-order valence-corrected chi connectivity index (χ0v) is 14.3. The number of hydrogen-bond donors (Lipinski definition) is 1. The van der Waals surface area contributed by atoms with Crippen LogP contribution >= 0.6 is 0 Å². The van der Waals surface area contributed by atoms with Crippen LogP contribution in [0.4, 0.5) is 0 Å². The third-order valence-corrected chi connectivity index (χ3v) is 4.60. The second-order valence-corrected chi connectivity index (χ2v) is 6.34. The lowest BCUT2D eigenvalue weighted by atomic mass is 9.90. The van der Waals surface area contributed by atoms with Gasteiger partial charge in [0.1, 0.15) is 5.75 Å². The number of carbonyl (C=O) groups is 1. The maximum atomic E-state index is 12.4. The van der Waals surface area contributed by atoms with Crippen LogP contribution in [0, 0.1) is 0 Å². The third-order valence-electron chi connectivity index (χ3n) is 4.60. The predicted molar refractivity (Wildman–Crippen MR) is 96.9 cm³/mol. The number of hydrogen-bond acceptors (Lipinski definition) is 3. The highest BCUT2D eigenvalue weighted by Gasteiger charge is 2.15. The van der Waals surface area contributed by atoms with Crippen LogP contribution in [0.2, 0.25) is 0 Å². The molecule has 0 aromatic heterocycles. The highest BCUT2D eigenvalue weighted by Crippen LogP contribution is 2.23. The molecule has 3 rings (SSSR count). The summed E-state index contributed by atoms with van der Waals surface area (Å²) in [6, 6.07) is 15.9. The van der Waals surface area contributed by atoms with Gasteiger partial charge in [0.25, 0.3) is 0 Å². The lowest BCUT2D eigenvalue weighted by Gasteiger charge is -2.23. The monoisotopic (exact) mass is 323 g/mol. The van der Waals surface area contributed by atoms with Crippen molar-refractivity contribution in [3.8, 4) is 5.75 Å². The van der Waals surface area contributed by atoms with Crippen molar-refractivity contribution in [1.82, 2.24) is 5.32 Å². The van der Waals surface area contributed by atoms with Crippen LogP contribution in [0.25, 0.3) is 0 Å². The SMILES string of the molecule is CCOc1ccc(C(=O)Cc2ccc(C3CCCNC3)cc2)cc1. The standard InChI is InChI=1S/C21H25NO2/c1-2-24-20-11-9-18(10-12-20)21(23)14-16-5-7-17(8-6-16)19-4-3-13-22-15-19/h5-12,19,22H,2-4,13-15H2,1H3. The number of carbonyl (C=O) groups excluding carboxylic acids is 1. The molecule has 24 heavy (non-hydrogen) atoms. The number of ketones is 1. The molecule has 1 atom stereocenters. The lowest BCUT2D eigenvalue weighted by molar-refractivity contribution is 0.0993. The molecule has 0 amide bonds. The van der Waals surface area contributed by atoms with E-state index in [9.17, 15) is 4.79 Å². The molecule has 1 aliphatic rings. The Bertz CT molecular complexity index is 655. The van der Waals surface area contributed by atoms with Gasteiger partial charge in [-0.15, -0.1) is 0 Å². The Morgan fingerprint density at radius 2 is 1.88 bits per heavy atom. The van der Waals surface area contributed by atoms with E-state index in [0.717, 1.165) is 30.0 Å². The summed E-state index contributed by atoms with van der Waals surface area (Å²) in [5.41, 5.74) is 3.18. The van der Waals surface area contributed by atoms with E-state index in [2.05, 4.69) is 29.6 Å². The Labute approximate surface area is 144 Å². The summed E-state index contributed by atoms with van der Waals surface area (Å²) in [5, 5.41) is 3.45. The average Bonchev–Trinajstić information content (AvgIpc) is 2.64. The van der Waals surface area contributed by atoms with Gasteiger partial charge < -0.3 is 10.1 Å². The Kier molecular flexibility index (Phi) is 5.65. The van der Waals surface area contributed by atoms with Gasteiger partial charge in [-0.2, -0.15) is 0 Å². The molecular weight excluding hydrogens is 298 g/mol. The normalized spacial score (nSPS) is 17.5. The number of ether oxygens (including phenoxy) is 1. The maximum Gasteiger partial charge on any atom is 0.167 e. The molecule has 3 heteroatoms. The average molecular weight is 323 g/mol. The fourth-order valence-electron chi connectivity index (χ4n) is 3.24. The van der Waals surface area contributed by atoms with Gasteiger partial charge in [0.2, 0.25) is 0 Å². The zero-order valence-electron chi connectivity index (χ0n) is 14.3. The van der Waals surface area contributed by atoms with Crippen molar-refractivity contribution in [2.75, 3.05) is 19.7 Å². The van der Waals surface area contributed by atoms with E-state index in [1.807, 2.05) is 31.2 Å². The van der Waals surface area contributed by atoms with Crippen LogP contribution in [-0.2, 0) is 6.42 Å². The summed E-state index contributed by atoms with van der Waals surface area (Å²) in [6.07, 6.45) is 2.93. The third kappa shape index (κ3) is 4.24. The molecule has 2 aromatic carbocycles. The minimum Gasteiger partial charge on any atom is -0.494 e. The molecular formula is C21H25NO2. The lowest BCUT2D eigenvalue weighted by Crippen LogP contribution is -2.28. The number of Topliss-reactive ketones (excluding diaryl/α,β-unsaturated/α-hetero) is 1. The van der Waals surface area contributed by atoms with E-state index in [1.165, 1.54) is 18.4 Å². The first kappa shape index (κ1) is 16.7. The van der Waals surface area contributed by atoms with Crippen LogP contribution in [0.5, 0.6) is 5.75 Å². The molecule has 1 N–H and O–H groups in total. The largest absolute Gasteiger partial charge is 0.494 e. The number of piperidine rings is 1. The van der Waals surface area contributed by atoms with Gasteiger partial charge in [0.15, 0.2) is 5.78 Å². The van der Waals surface area contributed by atoms with Gasteiger partial charge >= 0.3 is 0 Å². The molecule has 126 valence electrons. The van der Waals surface area contributed by atoms with Gasteiger partial charge in [-0.3, -0.25) is 4.79 Å². The van der Waals surface area contributed by atoms with Gasteiger partial charge in [0.05, 0.1) is 6.61 Å². The molecule has 3 nitrogen and oxygen atoms in total. The fraction of sp³-hybridized carbons (Fsp3) is 0.381. The van der Waals surface area contributed by atoms with Gasteiger partial charge in [0, 0.05) is 18.5 Å². The van der Waals surface area contributed by atoms with E-state index in [4.69, 9.17) is 4.74 Å². The Morgan fingerprint density at radius 1 is 1.12 bits per heavy atom. The second kappa shape index (κ2) is 8.11. The van der Waals surface area contributed by atoms with E-state index in [1.54, 1.807) is 0 Å². The molecule has 2 aromatic rings. The number of benzene rings is 2. The summed E-state index contributed by atoms with van der Waals surface area (Å²) in [6.45, 7) is 4.78. The number of rotatable bonds is 6. The highest BCUT2D eigenvalue weighted by molar-refractivity contribution is 5.97. The Hall–Kier alpha value is -2.13. The van der Waals surface area contributed by atoms with E-state index >= 15 is 0 Å². The van der Waals surface area contributed by atoms with Crippen LogP contribution in [-0.4, -0.2) is 25.5 Å². The van der Waals surface area contributed by atoms with Gasteiger partial charge in [-0.05, 0) is 67.6 Å². The van der Waals surface area contributed by atoms with Crippen LogP contribution in [0.15, 0.2) is 48.5 Å². The summed E-state index contributed by atoms with van der Waals surface area (Å²) >= 11 is 0. The fourth-order valence-corrected chi connectivity index (χ4v) is 3.24. The molecule has 0 bridgehead atoms. The molecule has 0 spiro atoms. The van der Waals surface area contributed by atoms with Crippen molar-refractivity contribution in [1.29, 1.82) is 0 Å². The topological polar surface area (TPSA) is 38.3 Å². The molecule has 1 heterocycles. The van der Waals surface area contributed by atoms with E-state index in [-0.39, 0.29) is 5.78 Å². The van der Waals surface area contributed by atoms with Crippen molar-refractivity contribution >= 4 is 5.78 Å². The van der Waals surface area contributed by atoms with Crippen molar-refractivity contribution in [2.45, 2.75) is 32.1 Å². The Morgan fingerprint density at radius 3 is 2.50 bits per heavy atom. The summed E-state index contributed by atoms with van der Waals surface area (Å²) in [5.74, 6) is 1.55. The van der Waals surface area contributed by atoms with Crippen LogP contribution < -0.4 is 10.1 Å². The minimum atomic E-state index is 0.144. The van der Waals surface area contributed by atoms with Gasteiger partial charge in [-0.25, -0.2) is 0 Å². The van der Waals surface area contributed by atoms with Crippen molar-refractivity contribution in [3.63, 3.8) is 0 Å². The van der Waals surface area contributed by atoms with Crippen molar-refractivity contribution < 1.29 is 9.53 Å². The van der Waals surface area contributed by atoms with E-state index in [0.29, 0.717) is 18.9 Å². The predicted octanol–water partition coefficient (Wildman–Crippen LogP) is 3.98. The van der Waals surface area contributed by atoms with Crippen LogP contribution in [0.1, 0.15) is 47.2 Å². The molecule has 0 aliphatic carbocycles. The molecule has 1 saturated heterocycles. The van der Waals surface area contributed by atoms with Gasteiger partial charge in [-0.1, -0.05) is 24.3 Å². The number of nitrogens with one attached hydrogen (secondary N) is 1. The first-order valence-electron chi connectivity index (χ1n) is 8.82. The molecule has 1 fully saturated rings. The summed E-state index contributed by atoms with van der Waals surface area (Å²) in [7, 11) is 0. The van der Waals surface area contributed by atoms with E-state index < -0.39 is 0 Å². The summed E-state index contributed by atoms with van der Waals surface area (Å²) < 4.78 is 5.41. The highest BCUT2D eigenvalue weighted by atomic mass is 16.5. The molecule has 0 saturated carbocycles. The van der Waals surface area contributed by atoms with Crippen molar-refractivity contribution in [3.05, 3.63) is 65.2 Å². The Balaban J connectivity index is 1.61. The molecule has 1 aliphatic heterocycles. The van der Waals surface area contributed by atoms with Crippen LogP contribution in [0.3, 0.4) is 0 Å². The zero-order chi connectivity index (χ0) is 16.8. The quantitative estimate of drug-likeness (QED) is 0.817.